The van der Waals surface area contributed by atoms with Crippen molar-refractivity contribution in [2.24, 2.45) is 0 Å². The number of fused-ring (bicyclic) bond motifs is 15. The minimum absolute atomic E-state index is 0.422. The van der Waals surface area contributed by atoms with E-state index in [1.54, 1.807) is 0 Å². The SMILES string of the molecule is c1ccc2c(c1)-c1cc(-c3ccc4ccc5cccnc5c4c3)ccc1C21c2ccccc2-n2c3ccccc3c3cccc1c32. The Morgan fingerprint density at radius 1 is 0.457 bits per heavy atom. The molecule has 0 N–H and O–H groups in total. The fraction of sp³-hybridized carbons (Fsp3) is 0.0227. The molecule has 2 nitrogen and oxygen atoms in total. The van der Waals surface area contributed by atoms with Gasteiger partial charge in [0.15, 0.2) is 0 Å². The average molecular weight is 583 g/mol. The zero-order valence-electron chi connectivity index (χ0n) is 24.9. The quantitative estimate of drug-likeness (QED) is 0.176. The smallest absolute Gasteiger partial charge is 0.0780 e. The van der Waals surface area contributed by atoms with Gasteiger partial charge in [0.05, 0.1) is 27.7 Å². The molecule has 0 amide bonds. The summed E-state index contributed by atoms with van der Waals surface area (Å²) in [6.45, 7) is 0. The van der Waals surface area contributed by atoms with Crippen LogP contribution >= 0.6 is 0 Å². The second-order valence-corrected chi connectivity index (χ2v) is 12.7. The summed E-state index contributed by atoms with van der Waals surface area (Å²) >= 11 is 0. The summed E-state index contributed by atoms with van der Waals surface area (Å²) in [5.41, 5.74) is 14.9. The van der Waals surface area contributed by atoms with E-state index < -0.39 is 5.41 Å². The number of para-hydroxylation sites is 3. The summed E-state index contributed by atoms with van der Waals surface area (Å²) in [7, 11) is 0. The third kappa shape index (κ3) is 2.86. The second-order valence-electron chi connectivity index (χ2n) is 12.7. The lowest BCUT2D eigenvalue weighted by Gasteiger charge is -2.39. The van der Waals surface area contributed by atoms with Gasteiger partial charge in [-0.1, -0.05) is 121 Å². The van der Waals surface area contributed by atoms with Crippen LogP contribution in [-0.4, -0.2) is 9.55 Å². The van der Waals surface area contributed by atoms with Crippen LogP contribution in [0.2, 0.25) is 0 Å². The molecule has 2 aromatic heterocycles. The Morgan fingerprint density at radius 3 is 2.15 bits per heavy atom. The monoisotopic (exact) mass is 582 g/mol. The van der Waals surface area contributed by atoms with Crippen molar-refractivity contribution in [2.75, 3.05) is 0 Å². The largest absolute Gasteiger partial charge is 0.309 e. The number of benzene rings is 7. The molecule has 1 spiro atoms. The van der Waals surface area contributed by atoms with Gasteiger partial charge in [0.2, 0.25) is 0 Å². The van der Waals surface area contributed by atoms with Gasteiger partial charge >= 0.3 is 0 Å². The fourth-order valence-electron chi connectivity index (χ4n) is 8.79. The summed E-state index contributed by atoms with van der Waals surface area (Å²) in [6.07, 6.45) is 1.89. The van der Waals surface area contributed by atoms with Crippen molar-refractivity contribution in [1.82, 2.24) is 9.55 Å². The molecule has 1 aliphatic carbocycles. The summed E-state index contributed by atoms with van der Waals surface area (Å²) < 4.78 is 2.50. The average Bonchev–Trinajstić information content (AvgIpc) is 3.62. The molecular formula is C44H26N2. The van der Waals surface area contributed by atoms with Crippen molar-refractivity contribution in [2.45, 2.75) is 5.41 Å². The number of rotatable bonds is 1. The van der Waals surface area contributed by atoms with Crippen LogP contribution in [0.25, 0.3) is 71.4 Å². The Hall–Kier alpha value is -5.99. The molecule has 2 aliphatic rings. The maximum Gasteiger partial charge on any atom is 0.0780 e. The van der Waals surface area contributed by atoms with Gasteiger partial charge in [-0.15, -0.1) is 0 Å². The molecule has 0 bridgehead atoms. The van der Waals surface area contributed by atoms with E-state index in [0.717, 1.165) is 5.52 Å². The second kappa shape index (κ2) is 8.59. The van der Waals surface area contributed by atoms with Crippen LogP contribution in [0.1, 0.15) is 22.3 Å². The molecule has 212 valence electrons. The number of hydrogen-bond donors (Lipinski definition) is 0. The van der Waals surface area contributed by atoms with Crippen molar-refractivity contribution >= 4 is 43.5 Å². The van der Waals surface area contributed by atoms with Crippen LogP contribution in [0, 0.1) is 0 Å². The molecule has 9 aromatic rings. The van der Waals surface area contributed by atoms with Crippen LogP contribution in [-0.2, 0) is 5.41 Å². The first-order valence-electron chi connectivity index (χ1n) is 16.0. The van der Waals surface area contributed by atoms with Gasteiger partial charge in [0.1, 0.15) is 0 Å². The van der Waals surface area contributed by atoms with Gasteiger partial charge in [-0.2, -0.15) is 0 Å². The lowest BCUT2D eigenvalue weighted by molar-refractivity contribution is 0.748. The predicted molar refractivity (Wildman–Crippen MR) is 190 cm³/mol. The van der Waals surface area contributed by atoms with Crippen LogP contribution < -0.4 is 0 Å². The fourth-order valence-corrected chi connectivity index (χ4v) is 8.79. The van der Waals surface area contributed by atoms with E-state index in [2.05, 4.69) is 150 Å². The number of nitrogens with zero attached hydrogens (tertiary/aromatic N) is 2. The van der Waals surface area contributed by atoms with E-state index in [-0.39, 0.29) is 0 Å². The Morgan fingerprint density at radius 2 is 1.17 bits per heavy atom. The van der Waals surface area contributed by atoms with Gasteiger partial charge in [-0.05, 0) is 80.2 Å². The van der Waals surface area contributed by atoms with Crippen molar-refractivity contribution in [1.29, 1.82) is 0 Å². The highest BCUT2D eigenvalue weighted by atomic mass is 15.0. The number of pyridine rings is 1. The number of aromatic nitrogens is 2. The maximum absolute atomic E-state index is 4.76. The van der Waals surface area contributed by atoms with Crippen molar-refractivity contribution < 1.29 is 0 Å². The third-order valence-corrected chi connectivity index (χ3v) is 10.6. The van der Waals surface area contributed by atoms with Gasteiger partial charge in [0.25, 0.3) is 0 Å². The molecule has 7 aromatic carbocycles. The summed E-state index contributed by atoms with van der Waals surface area (Å²) in [6, 6.07) is 56.4. The summed E-state index contributed by atoms with van der Waals surface area (Å²) in [4.78, 5) is 4.76. The van der Waals surface area contributed by atoms with Crippen molar-refractivity contribution in [3.8, 4) is 27.9 Å². The molecular weight excluding hydrogens is 556 g/mol. The van der Waals surface area contributed by atoms with E-state index in [9.17, 15) is 0 Å². The molecule has 2 heteroatoms. The molecule has 0 saturated heterocycles. The Balaban J connectivity index is 1.23. The van der Waals surface area contributed by atoms with Crippen molar-refractivity contribution in [3.63, 3.8) is 0 Å². The van der Waals surface area contributed by atoms with Gasteiger partial charge < -0.3 is 4.57 Å². The van der Waals surface area contributed by atoms with Crippen LogP contribution in [0.5, 0.6) is 0 Å². The molecule has 1 atom stereocenters. The Bertz CT molecular complexity index is 2770. The summed E-state index contributed by atoms with van der Waals surface area (Å²) in [5.74, 6) is 0. The molecule has 1 unspecified atom stereocenters. The summed E-state index contributed by atoms with van der Waals surface area (Å²) in [5, 5.41) is 6.17. The Kier molecular flexibility index (Phi) is 4.55. The van der Waals surface area contributed by atoms with Gasteiger partial charge in [0, 0.05) is 27.7 Å². The lowest BCUT2D eigenvalue weighted by atomic mass is 9.65. The first-order valence-corrected chi connectivity index (χ1v) is 16.0. The standard InChI is InChI=1S/C44H26N2/c1-3-13-36-31(10-1)35-26-30(29-21-19-27-18-20-28-9-8-24-45-42(28)34(27)25-29)22-23-37(35)44(36)38-14-4-6-17-41(38)46-40-16-5-2-11-32(40)33-12-7-15-39(44)43(33)46/h1-26H. The van der Waals surface area contributed by atoms with Gasteiger partial charge in [-0.3, -0.25) is 4.98 Å². The first-order chi connectivity index (χ1) is 22.8. The van der Waals surface area contributed by atoms with Crippen LogP contribution in [0.4, 0.5) is 0 Å². The van der Waals surface area contributed by atoms with E-state index in [4.69, 9.17) is 4.98 Å². The molecule has 1 aliphatic heterocycles. The highest BCUT2D eigenvalue weighted by Gasteiger charge is 2.50. The van der Waals surface area contributed by atoms with E-state index in [1.165, 1.54) is 88.2 Å². The zero-order chi connectivity index (χ0) is 30.0. The molecule has 46 heavy (non-hydrogen) atoms. The normalized spacial score (nSPS) is 15.9. The van der Waals surface area contributed by atoms with E-state index in [1.807, 2.05) is 12.3 Å². The maximum atomic E-state index is 4.76. The van der Waals surface area contributed by atoms with Gasteiger partial charge in [-0.25, -0.2) is 0 Å². The minimum atomic E-state index is -0.422. The molecule has 0 radical (unpaired) electrons. The van der Waals surface area contributed by atoms with Crippen LogP contribution in [0.3, 0.4) is 0 Å². The Labute approximate surface area is 265 Å². The predicted octanol–water partition coefficient (Wildman–Crippen LogP) is 10.8. The molecule has 3 heterocycles. The number of hydrogen-bond acceptors (Lipinski definition) is 1. The highest BCUT2D eigenvalue weighted by Crippen LogP contribution is 2.61. The van der Waals surface area contributed by atoms with E-state index >= 15 is 0 Å². The van der Waals surface area contributed by atoms with Crippen molar-refractivity contribution in [3.05, 3.63) is 180 Å². The molecule has 11 rings (SSSR count). The first kappa shape index (κ1) is 24.3. The van der Waals surface area contributed by atoms with E-state index in [0.29, 0.717) is 0 Å². The third-order valence-electron chi connectivity index (χ3n) is 10.6. The zero-order valence-corrected chi connectivity index (χ0v) is 24.9. The lowest BCUT2D eigenvalue weighted by Crippen LogP contribution is -2.33. The minimum Gasteiger partial charge on any atom is -0.309 e. The van der Waals surface area contributed by atoms with Crippen LogP contribution in [0.15, 0.2) is 158 Å². The molecule has 0 fully saturated rings. The molecule has 0 saturated carbocycles. The highest BCUT2D eigenvalue weighted by molar-refractivity contribution is 6.13. The topological polar surface area (TPSA) is 17.8 Å².